The first-order valence-corrected chi connectivity index (χ1v) is 9.82. The van der Waals surface area contributed by atoms with Gasteiger partial charge in [0.2, 0.25) is 5.91 Å². The lowest BCUT2D eigenvalue weighted by atomic mass is 10.1. The fourth-order valence-electron chi connectivity index (χ4n) is 2.31. The topological polar surface area (TPSA) is 86.1 Å². The van der Waals surface area contributed by atoms with Gasteiger partial charge in [-0.05, 0) is 47.8 Å². The van der Waals surface area contributed by atoms with E-state index in [0.717, 1.165) is 27.3 Å². The second-order valence-electron chi connectivity index (χ2n) is 5.36. The largest absolute Gasteiger partial charge is 0.277 e. The number of aromatic nitrogens is 2. The van der Waals surface area contributed by atoms with Gasteiger partial charge in [-0.2, -0.15) is 3.96 Å². The summed E-state index contributed by atoms with van der Waals surface area (Å²) in [4.78, 5) is 29.3. The van der Waals surface area contributed by atoms with Crippen LogP contribution in [0.15, 0.2) is 52.3 Å². The lowest BCUT2D eigenvalue weighted by Gasteiger charge is -2.04. The molecule has 0 saturated heterocycles. The van der Waals surface area contributed by atoms with E-state index in [9.17, 15) is 18.0 Å². The van der Waals surface area contributed by atoms with Crippen LogP contribution in [-0.2, 0) is 16.3 Å². The molecule has 6 nitrogen and oxygen atoms in total. The zero-order valence-corrected chi connectivity index (χ0v) is 14.4. The van der Waals surface area contributed by atoms with Crippen molar-refractivity contribution < 1.29 is 13.2 Å². The van der Waals surface area contributed by atoms with Crippen molar-refractivity contribution in [3.8, 4) is 0 Å². The predicted molar refractivity (Wildman–Crippen MR) is 92.4 cm³/mol. The predicted octanol–water partition coefficient (Wildman–Crippen LogP) is 2.13. The van der Waals surface area contributed by atoms with Gasteiger partial charge >= 0.3 is 0 Å². The van der Waals surface area contributed by atoms with Crippen LogP contribution < -0.4 is 5.56 Å². The molecule has 0 spiro atoms. The molecule has 0 aliphatic carbocycles. The van der Waals surface area contributed by atoms with Crippen molar-refractivity contribution in [1.29, 1.82) is 0 Å². The number of nitrogens with zero attached hydrogens (tertiary/aromatic N) is 2. The zero-order chi connectivity index (χ0) is 17.3. The SMILES string of the molecule is CS(=O)(=O)c1cccc(CCC(=O)n2sc3ncccc3c2=O)c1. The second kappa shape index (κ2) is 6.29. The average Bonchev–Trinajstić information content (AvgIpc) is 2.90. The molecule has 1 aromatic carbocycles. The van der Waals surface area contributed by atoms with Crippen molar-refractivity contribution in [2.75, 3.05) is 6.26 Å². The molecule has 0 unspecified atom stereocenters. The molecule has 0 aliphatic heterocycles. The number of benzene rings is 1. The Morgan fingerprint density at radius 2 is 2.04 bits per heavy atom. The van der Waals surface area contributed by atoms with Crippen LogP contribution in [0, 0.1) is 0 Å². The highest BCUT2D eigenvalue weighted by atomic mass is 32.2. The quantitative estimate of drug-likeness (QED) is 0.710. The van der Waals surface area contributed by atoms with Crippen LogP contribution in [0.2, 0.25) is 0 Å². The summed E-state index contributed by atoms with van der Waals surface area (Å²) in [5, 5.41) is 0.426. The molecule has 0 bridgehead atoms. The van der Waals surface area contributed by atoms with E-state index in [-0.39, 0.29) is 22.8 Å². The molecular weight excluding hydrogens is 348 g/mol. The first kappa shape index (κ1) is 16.5. The zero-order valence-electron chi connectivity index (χ0n) is 12.8. The highest BCUT2D eigenvalue weighted by molar-refractivity contribution is 7.90. The molecule has 3 rings (SSSR count). The number of carbonyl (C=O) groups is 1. The molecule has 8 heteroatoms. The minimum Gasteiger partial charge on any atom is -0.273 e. The summed E-state index contributed by atoms with van der Waals surface area (Å²) >= 11 is 1.02. The Kier molecular flexibility index (Phi) is 4.33. The average molecular weight is 362 g/mol. The van der Waals surface area contributed by atoms with Crippen molar-refractivity contribution in [2.45, 2.75) is 17.7 Å². The van der Waals surface area contributed by atoms with Crippen LogP contribution in [0.4, 0.5) is 0 Å². The Bertz CT molecular complexity index is 1080. The van der Waals surface area contributed by atoms with Gasteiger partial charge in [0.25, 0.3) is 5.56 Å². The number of sulfone groups is 1. The van der Waals surface area contributed by atoms with Gasteiger partial charge in [-0.25, -0.2) is 13.4 Å². The molecule has 0 amide bonds. The van der Waals surface area contributed by atoms with Gasteiger partial charge in [0.1, 0.15) is 4.83 Å². The maximum atomic E-state index is 12.3. The van der Waals surface area contributed by atoms with Crippen LogP contribution in [-0.4, -0.2) is 29.5 Å². The lowest BCUT2D eigenvalue weighted by molar-refractivity contribution is 0.0912. The molecule has 0 radical (unpaired) electrons. The van der Waals surface area contributed by atoms with Gasteiger partial charge in [0, 0.05) is 18.9 Å². The summed E-state index contributed by atoms with van der Waals surface area (Å²) in [6, 6.07) is 9.77. The number of carbonyl (C=O) groups excluding carboxylic acids is 1. The van der Waals surface area contributed by atoms with E-state index in [4.69, 9.17) is 0 Å². The van der Waals surface area contributed by atoms with Crippen molar-refractivity contribution in [3.05, 3.63) is 58.5 Å². The third-order valence-corrected chi connectivity index (χ3v) is 5.70. The lowest BCUT2D eigenvalue weighted by Crippen LogP contribution is -2.21. The molecule has 124 valence electrons. The highest BCUT2D eigenvalue weighted by Gasteiger charge is 2.15. The van der Waals surface area contributed by atoms with Crippen LogP contribution >= 0.6 is 11.5 Å². The molecule has 3 aromatic rings. The van der Waals surface area contributed by atoms with Crippen molar-refractivity contribution >= 4 is 37.5 Å². The Morgan fingerprint density at radius 3 is 2.75 bits per heavy atom. The molecule has 0 saturated carbocycles. The van der Waals surface area contributed by atoms with E-state index >= 15 is 0 Å². The van der Waals surface area contributed by atoms with Gasteiger partial charge in [0.15, 0.2) is 9.84 Å². The maximum absolute atomic E-state index is 12.3. The Labute approximate surface area is 142 Å². The standard InChI is InChI=1S/C16H14N2O4S2/c1-24(21,22)12-5-2-4-11(10-12)7-8-14(19)18-16(20)13-6-3-9-17-15(13)23-18/h2-6,9-10H,7-8H2,1H3. The number of hydrogen-bond acceptors (Lipinski definition) is 6. The third-order valence-electron chi connectivity index (χ3n) is 3.54. The van der Waals surface area contributed by atoms with E-state index < -0.39 is 9.84 Å². The smallest absolute Gasteiger partial charge is 0.273 e. The highest BCUT2D eigenvalue weighted by Crippen LogP contribution is 2.16. The molecule has 24 heavy (non-hydrogen) atoms. The first-order valence-electron chi connectivity index (χ1n) is 7.15. The van der Waals surface area contributed by atoms with E-state index in [1.54, 1.807) is 36.5 Å². The van der Waals surface area contributed by atoms with Gasteiger partial charge < -0.3 is 0 Å². The third kappa shape index (κ3) is 3.29. The summed E-state index contributed by atoms with van der Waals surface area (Å²) in [6.07, 6.45) is 3.18. The molecule has 0 aliphatic rings. The number of pyridine rings is 1. The minimum atomic E-state index is -3.29. The molecule has 2 heterocycles. The molecule has 2 aromatic heterocycles. The summed E-state index contributed by atoms with van der Waals surface area (Å²) in [7, 11) is -3.29. The van der Waals surface area contributed by atoms with Crippen molar-refractivity contribution in [3.63, 3.8) is 0 Å². The fourth-order valence-corrected chi connectivity index (χ4v) is 3.91. The Hall–Kier alpha value is -2.32. The molecule has 0 fully saturated rings. The second-order valence-corrected chi connectivity index (χ2v) is 8.31. The van der Waals surface area contributed by atoms with Crippen LogP contribution in [0.3, 0.4) is 0 Å². The van der Waals surface area contributed by atoms with Crippen molar-refractivity contribution in [2.24, 2.45) is 0 Å². The maximum Gasteiger partial charge on any atom is 0.277 e. The summed E-state index contributed by atoms with van der Waals surface area (Å²) in [5.74, 6) is -0.326. The monoisotopic (exact) mass is 362 g/mol. The van der Waals surface area contributed by atoms with E-state index in [0.29, 0.717) is 16.6 Å². The van der Waals surface area contributed by atoms with Gasteiger partial charge in [-0.15, -0.1) is 0 Å². The van der Waals surface area contributed by atoms with Crippen LogP contribution in [0.1, 0.15) is 16.8 Å². The number of rotatable bonds is 4. The summed E-state index contributed by atoms with van der Waals surface area (Å²) < 4.78 is 24.3. The number of hydrogen-bond donors (Lipinski definition) is 0. The Morgan fingerprint density at radius 1 is 1.25 bits per heavy atom. The molecule has 0 N–H and O–H groups in total. The summed E-state index contributed by atoms with van der Waals surface area (Å²) in [6.45, 7) is 0. The molecular formula is C16H14N2O4S2. The van der Waals surface area contributed by atoms with Gasteiger partial charge in [-0.3, -0.25) is 9.59 Å². The fraction of sp³-hybridized carbons (Fsp3) is 0.188. The van der Waals surface area contributed by atoms with E-state index in [1.807, 2.05) is 0 Å². The van der Waals surface area contributed by atoms with Gasteiger partial charge in [0.05, 0.1) is 10.3 Å². The summed E-state index contributed by atoms with van der Waals surface area (Å²) in [5.41, 5.74) is 0.372. The normalized spacial score (nSPS) is 11.7. The van der Waals surface area contributed by atoms with Gasteiger partial charge in [-0.1, -0.05) is 12.1 Å². The van der Waals surface area contributed by atoms with Crippen LogP contribution in [0.25, 0.3) is 10.2 Å². The number of aryl methyl sites for hydroxylation is 1. The van der Waals surface area contributed by atoms with Crippen molar-refractivity contribution in [1.82, 2.24) is 8.94 Å². The van der Waals surface area contributed by atoms with Crippen LogP contribution in [0.5, 0.6) is 0 Å². The van der Waals surface area contributed by atoms with E-state index in [1.165, 1.54) is 6.07 Å². The minimum absolute atomic E-state index is 0.111. The first-order chi connectivity index (χ1) is 11.4. The number of fused-ring (bicyclic) bond motifs is 1. The Balaban J connectivity index is 1.80. The van der Waals surface area contributed by atoms with E-state index in [2.05, 4.69) is 4.98 Å². The molecule has 0 atom stereocenters.